The van der Waals surface area contributed by atoms with Crippen molar-refractivity contribution in [1.82, 2.24) is 24.6 Å². The quantitative estimate of drug-likeness (QED) is 0.701. The van der Waals surface area contributed by atoms with Crippen LogP contribution >= 0.6 is 0 Å². The molecule has 0 radical (unpaired) electrons. The Hall–Kier alpha value is -2.48. The fourth-order valence-electron chi connectivity index (χ4n) is 3.34. The predicted octanol–water partition coefficient (Wildman–Crippen LogP) is -0.975. The van der Waals surface area contributed by atoms with Gasteiger partial charge in [0.1, 0.15) is 6.04 Å². The van der Waals surface area contributed by atoms with Crippen LogP contribution in [-0.2, 0) is 20.9 Å². The molecule has 1 unspecified atom stereocenters. The maximum atomic E-state index is 12.6. The van der Waals surface area contributed by atoms with E-state index in [1.165, 1.54) is 4.90 Å². The van der Waals surface area contributed by atoms with Crippen molar-refractivity contribution in [1.29, 1.82) is 0 Å². The minimum Gasteiger partial charge on any atom is -0.337 e. The van der Waals surface area contributed by atoms with E-state index < -0.39 is 6.04 Å². The maximum Gasteiger partial charge on any atom is 0.247 e. The number of nitrogens with zero attached hydrogens (tertiary/aromatic N) is 5. The third-order valence-electron chi connectivity index (χ3n) is 4.67. The molecule has 0 aromatic carbocycles. The zero-order valence-corrected chi connectivity index (χ0v) is 14.6. The van der Waals surface area contributed by atoms with Crippen molar-refractivity contribution < 1.29 is 14.4 Å². The van der Waals surface area contributed by atoms with Gasteiger partial charge in [-0.2, -0.15) is 0 Å². The number of piperazine rings is 2. The van der Waals surface area contributed by atoms with E-state index in [0.29, 0.717) is 19.6 Å². The van der Waals surface area contributed by atoms with Crippen LogP contribution in [0.2, 0.25) is 0 Å². The first-order valence-electron chi connectivity index (χ1n) is 8.35. The molecule has 1 aromatic heterocycles. The average Bonchev–Trinajstić information content (AvgIpc) is 2.60. The Balaban J connectivity index is 1.58. The van der Waals surface area contributed by atoms with E-state index >= 15 is 0 Å². The largest absolute Gasteiger partial charge is 0.337 e. The highest BCUT2D eigenvalue weighted by molar-refractivity contribution is 5.95. The molecule has 0 spiro atoms. The van der Waals surface area contributed by atoms with E-state index in [1.807, 2.05) is 24.1 Å². The standard InChI is InChI=1S/C17H23N5O3/c1-19(9-13-4-3-5-18-8-13)11-15(23)21-6-7-22-14(10-21)17(25)20(2)12-16(22)24/h3-5,8,14H,6-7,9-12H2,1-2H3. The molecule has 0 saturated carbocycles. The Kier molecular flexibility index (Phi) is 4.98. The highest BCUT2D eigenvalue weighted by Crippen LogP contribution is 2.17. The Labute approximate surface area is 147 Å². The number of rotatable bonds is 4. The van der Waals surface area contributed by atoms with Gasteiger partial charge in [-0.1, -0.05) is 6.07 Å². The first-order chi connectivity index (χ1) is 12.0. The van der Waals surface area contributed by atoms with Crippen molar-refractivity contribution in [3.05, 3.63) is 30.1 Å². The normalized spacial score (nSPS) is 20.9. The minimum atomic E-state index is -0.549. The van der Waals surface area contributed by atoms with E-state index in [-0.39, 0.29) is 37.4 Å². The Morgan fingerprint density at radius 2 is 2.16 bits per heavy atom. The molecule has 8 heteroatoms. The van der Waals surface area contributed by atoms with Crippen LogP contribution in [-0.4, -0.2) is 95.2 Å². The summed E-state index contributed by atoms with van der Waals surface area (Å²) in [5.41, 5.74) is 1.04. The van der Waals surface area contributed by atoms with Gasteiger partial charge in [0, 0.05) is 39.1 Å². The fourth-order valence-corrected chi connectivity index (χ4v) is 3.34. The third-order valence-corrected chi connectivity index (χ3v) is 4.67. The summed E-state index contributed by atoms with van der Waals surface area (Å²) < 4.78 is 0. The van der Waals surface area contributed by atoms with Crippen molar-refractivity contribution >= 4 is 17.7 Å². The topological polar surface area (TPSA) is 77.1 Å². The number of aromatic nitrogens is 1. The molecular weight excluding hydrogens is 322 g/mol. The molecule has 1 atom stereocenters. The van der Waals surface area contributed by atoms with Gasteiger partial charge in [0.2, 0.25) is 17.7 Å². The molecule has 25 heavy (non-hydrogen) atoms. The molecule has 0 aliphatic carbocycles. The number of carbonyl (C=O) groups is 3. The van der Waals surface area contributed by atoms with Gasteiger partial charge in [-0.15, -0.1) is 0 Å². The fraction of sp³-hybridized carbons (Fsp3) is 0.529. The summed E-state index contributed by atoms with van der Waals surface area (Å²) in [6, 6.07) is 3.29. The van der Waals surface area contributed by atoms with Crippen LogP contribution in [0.3, 0.4) is 0 Å². The van der Waals surface area contributed by atoms with Gasteiger partial charge in [0.05, 0.1) is 19.6 Å². The lowest BCUT2D eigenvalue weighted by Gasteiger charge is -2.45. The summed E-state index contributed by atoms with van der Waals surface area (Å²) in [4.78, 5) is 47.7. The molecule has 3 rings (SSSR count). The van der Waals surface area contributed by atoms with Crippen molar-refractivity contribution in [2.75, 3.05) is 46.8 Å². The van der Waals surface area contributed by atoms with E-state index in [2.05, 4.69) is 4.98 Å². The second kappa shape index (κ2) is 7.18. The van der Waals surface area contributed by atoms with Crippen LogP contribution in [0.1, 0.15) is 5.56 Å². The predicted molar refractivity (Wildman–Crippen MR) is 90.3 cm³/mol. The number of fused-ring (bicyclic) bond motifs is 1. The highest BCUT2D eigenvalue weighted by Gasteiger charge is 2.42. The molecule has 2 fully saturated rings. The van der Waals surface area contributed by atoms with E-state index in [4.69, 9.17) is 0 Å². The second-order valence-electron chi connectivity index (χ2n) is 6.67. The van der Waals surface area contributed by atoms with Crippen LogP contribution < -0.4 is 0 Å². The average molecular weight is 345 g/mol. The van der Waals surface area contributed by atoms with Gasteiger partial charge >= 0.3 is 0 Å². The van der Waals surface area contributed by atoms with Crippen LogP contribution in [0.15, 0.2) is 24.5 Å². The van der Waals surface area contributed by atoms with E-state index in [1.54, 1.807) is 29.2 Å². The van der Waals surface area contributed by atoms with Gasteiger partial charge in [-0.3, -0.25) is 24.3 Å². The number of hydrogen-bond acceptors (Lipinski definition) is 5. The summed E-state index contributed by atoms with van der Waals surface area (Å²) in [6.07, 6.45) is 3.50. The number of amides is 3. The van der Waals surface area contributed by atoms with Crippen molar-refractivity contribution in [2.45, 2.75) is 12.6 Å². The molecule has 2 aliphatic heterocycles. The lowest BCUT2D eigenvalue weighted by Crippen LogP contribution is -2.67. The molecule has 1 aromatic rings. The molecule has 0 N–H and O–H groups in total. The summed E-state index contributed by atoms with van der Waals surface area (Å²) in [6.45, 7) is 2.17. The summed E-state index contributed by atoms with van der Waals surface area (Å²) in [7, 11) is 3.50. The highest BCUT2D eigenvalue weighted by atomic mass is 16.2. The van der Waals surface area contributed by atoms with Gasteiger partial charge in [-0.05, 0) is 18.7 Å². The zero-order valence-electron chi connectivity index (χ0n) is 14.6. The number of hydrogen-bond donors (Lipinski definition) is 0. The molecule has 2 aliphatic rings. The smallest absolute Gasteiger partial charge is 0.247 e. The Morgan fingerprint density at radius 3 is 2.88 bits per heavy atom. The molecule has 0 bridgehead atoms. The Morgan fingerprint density at radius 1 is 1.36 bits per heavy atom. The second-order valence-corrected chi connectivity index (χ2v) is 6.67. The van der Waals surface area contributed by atoms with Gasteiger partial charge < -0.3 is 14.7 Å². The molecule has 134 valence electrons. The number of carbonyl (C=O) groups excluding carboxylic acids is 3. The molecule has 3 heterocycles. The van der Waals surface area contributed by atoms with Gasteiger partial charge in [0.15, 0.2) is 0 Å². The van der Waals surface area contributed by atoms with E-state index in [9.17, 15) is 14.4 Å². The first kappa shape index (κ1) is 17.3. The zero-order chi connectivity index (χ0) is 18.0. The Bertz CT molecular complexity index is 666. The number of likely N-dealkylation sites (N-methyl/N-ethyl adjacent to an activating group) is 2. The lowest BCUT2D eigenvalue weighted by molar-refractivity contribution is -0.160. The SMILES string of the molecule is CN(CC(=O)N1CCN2C(=O)CN(C)C(=O)C2C1)Cc1cccnc1. The van der Waals surface area contributed by atoms with Crippen LogP contribution in [0.4, 0.5) is 0 Å². The number of pyridine rings is 1. The van der Waals surface area contributed by atoms with Crippen molar-refractivity contribution in [3.8, 4) is 0 Å². The molecular formula is C17H23N5O3. The minimum absolute atomic E-state index is 0.0282. The van der Waals surface area contributed by atoms with Crippen LogP contribution in [0.25, 0.3) is 0 Å². The molecule has 3 amide bonds. The van der Waals surface area contributed by atoms with Crippen LogP contribution in [0, 0.1) is 0 Å². The summed E-state index contributed by atoms with van der Waals surface area (Å²) >= 11 is 0. The summed E-state index contributed by atoms with van der Waals surface area (Å²) in [5, 5.41) is 0. The van der Waals surface area contributed by atoms with E-state index in [0.717, 1.165) is 5.56 Å². The molecule has 2 saturated heterocycles. The first-order valence-corrected chi connectivity index (χ1v) is 8.35. The summed E-state index contributed by atoms with van der Waals surface area (Å²) in [5.74, 6) is -0.173. The van der Waals surface area contributed by atoms with Crippen LogP contribution in [0.5, 0.6) is 0 Å². The van der Waals surface area contributed by atoms with Gasteiger partial charge in [0.25, 0.3) is 0 Å². The van der Waals surface area contributed by atoms with Gasteiger partial charge in [-0.25, -0.2) is 0 Å². The van der Waals surface area contributed by atoms with Crippen molar-refractivity contribution in [3.63, 3.8) is 0 Å². The lowest BCUT2D eigenvalue weighted by atomic mass is 10.1. The van der Waals surface area contributed by atoms with Crippen molar-refractivity contribution in [2.24, 2.45) is 0 Å². The monoisotopic (exact) mass is 345 g/mol. The molecule has 8 nitrogen and oxygen atoms in total. The maximum absolute atomic E-state index is 12.6. The third kappa shape index (κ3) is 3.79.